The molecule has 225 valence electrons. The maximum absolute atomic E-state index is 13.2. The number of benzene rings is 3. The Morgan fingerprint density at radius 1 is 1.02 bits per heavy atom. The fraction of sp³-hybridized carbons (Fsp3) is 0.412. The van der Waals surface area contributed by atoms with Gasteiger partial charge in [-0.25, -0.2) is 0 Å². The normalized spacial score (nSPS) is 24.8. The van der Waals surface area contributed by atoms with Crippen LogP contribution in [0, 0.1) is 76.2 Å². The molecule has 3 aromatic carbocycles. The second-order valence-corrected chi connectivity index (χ2v) is 12.3. The van der Waals surface area contributed by atoms with Gasteiger partial charge in [-0.15, -0.1) is 0 Å². The van der Waals surface area contributed by atoms with Crippen molar-refractivity contribution < 1.29 is 68.5 Å². The van der Waals surface area contributed by atoms with Crippen molar-refractivity contribution in [3.05, 3.63) is 80.9 Å². The number of phenols is 2. The molecule has 4 aliphatic rings. The predicted molar refractivity (Wildman–Crippen MR) is 159 cm³/mol. The number of hydrogen-bond donors (Lipinski definition) is 3. The van der Waals surface area contributed by atoms with E-state index in [4.69, 9.17) is 9.47 Å². The van der Waals surface area contributed by atoms with Crippen molar-refractivity contribution in [1.82, 2.24) is 15.1 Å². The molecule has 2 bridgehead atoms. The topological polar surface area (TPSA) is 118 Å². The second-order valence-electron chi connectivity index (χ2n) is 12.3. The van der Waals surface area contributed by atoms with E-state index in [-0.39, 0.29) is 93.6 Å². The summed E-state index contributed by atoms with van der Waals surface area (Å²) in [7, 11) is 2.03. The van der Waals surface area contributed by atoms with Gasteiger partial charge in [-0.1, -0.05) is 36.4 Å². The SMILES string of the molecule is Cc1cc2c(c(O)c1C)[C@@H]1C3Cc4c(O)c(C)c5c(c4[C@H](CNC(=O)Cc4ccccc4)N3[C@@H](C#N)[C@H](C2)N1C)OCO5.[Ac]. The van der Waals surface area contributed by atoms with E-state index in [0.717, 1.165) is 38.9 Å². The average Bonchev–Trinajstić information content (AvgIpc) is 3.49. The van der Waals surface area contributed by atoms with E-state index in [1.807, 2.05) is 58.2 Å². The summed E-state index contributed by atoms with van der Waals surface area (Å²) >= 11 is 0. The van der Waals surface area contributed by atoms with Gasteiger partial charge in [0.2, 0.25) is 12.7 Å². The third-order valence-corrected chi connectivity index (χ3v) is 10.2. The van der Waals surface area contributed by atoms with Gasteiger partial charge in [0.15, 0.2) is 11.5 Å². The number of nitrogens with one attached hydrogen (secondary N) is 1. The Bertz CT molecular complexity index is 1690. The molecule has 9 nitrogen and oxygen atoms in total. The van der Waals surface area contributed by atoms with Gasteiger partial charge in [-0.3, -0.25) is 14.6 Å². The van der Waals surface area contributed by atoms with E-state index in [1.165, 1.54) is 0 Å². The maximum Gasteiger partial charge on any atom is 0.231 e. The zero-order valence-electron chi connectivity index (χ0n) is 25.4. The molecular weight excluding hydrogens is 771 g/mol. The number of aromatic hydroxyl groups is 2. The Morgan fingerprint density at radius 3 is 2.48 bits per heavy atom. The van der Waals surface area contributed by atoms with Crippen LogP contribution in [-0.2, 0) is 24.1 Å². The van der Waals surface area contributed by atoms with Crippen molar-refractivity contribution in [3.63, 3.8) is 0 Å². The molecule has 0 aliphatic carbocycles. The number of ether oxygens (including phenoxy) is 2. The van der Waals surface area contributed by atoms with Gasteiger partial charge < -0.3 is 25.0 Å². The Morgan fingerprint density at radius 2 is 1.75 bits per heavy atom. The minimum absolute atomic E-state index is 0. The second kappa shape index (κ2) is 11.8. The zero-order chi connectivity index (χ0) is 30.2. The quantitative estimate of drug-likeness (QED) is 0.364. The molecule has 5 atom stereocenters. The van der Waals surface area contributed by atoms with Crippen molar-refractivity contribution in [2.75, 3.05) is 20.4 Å². The summed E-state index contributed by atoms with van der Waals surface area (Å²) in [6, 6.07) is 12.8. The number of rotatable bonds is 4. The van der Waals surface area contributed by atoms with Crippen LogP contribution in [-0.4, -0.2) is 64.4 Å². The Hall–Kier alpha value is -2.82. The number of carbonyl (C=O) groups is 1. The summed E-state index contributed by atoms with van der Waals surface area (Å²) in [4.78, 5) is 17.7. The number of aryl methyl sites for hydroxylation is 1. The molecule has 10 heteroatoms. The Labute approximate surface area is 293 Å². The van der Waals surface area contributed by atoms with E-state index < -0.39 is 12.1 Å². The van der Waals surface area contributed by atoms with E-state index >= 15 is 0 Å². The number of likely N-dealkylation sites (N-methyl/N-ethyl adjacent to an activating group) is 1. The van der Waals surface area contributed by atoms with E-state index in [9.17, 15) is 20.3 Å². The van der Waals surface area contributed by atoms with Crippen LogP contribution in [0.4, 0.5) is 0 Å². The third-order valence-electron chi connectivity index (χ3n) is 10.2. The first-order valence-corrected chi connectivity index (χ1v) is 14.9. The first kappa shape index (κ1) is 31.2. The van der Waals surface area contributed by atoms with Crippen LogP contribution in [0.2, 0.25) is 0 Å². The summed E-state index contributed by atoms with van der Waals surface area (Å²) in [5, 5.41) is 36.9. The fourth-order valence-corrected chi connectivity index (χ4v) is 7.96. The van der Waals surface area contributed by atoms with Crippen LogP contribution in [0.15, 0.2) is 36.4 Å². The van der Waals surface area contributed by atoms with Gasteiger partial charge >= 0.3 is 0 Å². The molecule has 4 aliphatic heterocycles. The molecule has 3 N–H and O–H groups in total. The summed E-state index contributed by atoms with van der Waals surface area (Å²) in [6.07, 6.45) is 1.30. The van der Waals surface area contributed by atoms with Gasteiger partial charge in [0.05, 0.1) is 24.6 Å². The van der Waals surface area contributed by atoms with Crippen LogP contribution in [0.25, 0.3) is 0 Å². The molecule has 4 heterocycles. The molecule has 1 saturated heterocycles. The fourth-order valence-electron chi connectivity index (χ4n) is 7.96. The number of carbonyl (C=O) groups excluding carboxylic acids is 1. The molecular formula is C34H36AcN4O5. The van der Waals surface area contributed by atoms with Crippen molar-refractivity contribution in [3.8, 4) is 29.1 Å². The largest absolute Gasteiger partial charge is 0.507 e. The van der Waals surface area contributed by atoms with Gasteiger partial charge in [0, 0.05) is 84.9 Å². The van der Waals surface area contributed by atoms with Crippen LogP contribution in [0.5, 0.6) is 23.0 Å². The van der Waals surface area contributed by atoms with Gasteiger partial charge in [0.25, 0.3) is 0 Å². The number of piperazine rings is 1. The minimum Gasteiger partial charge on any atom is -0.507 e. The summed E-state index contributed by atoms with van der Waals surface area (Å²) in [5.41, 5.74) is 6.86. The van der Waals surface area contributed by atoms with Crippen molar-refractivity contribution >= 4 is 5.91 Å². The molecule has 0 saturated carbocycles. The first-order chi connectivity index (χ1) is 20.7. The number of fused-ring (bicyclic) bond motifs is 9. The van der Waals surface area contributed by atoms with E-state index in [0.29, 0.717) is 35.7 Å². The molecule has 1 unspecified atom stereocenters. The van der Waals surface area contributed by atoms with Crippen LogP contribution < -0.4 is 14.8 Å². The molecule has 44 heavy (non-hydrogen) atoms. The molecule has 1 amide bonds. The molecule has 1 radical (unpaired) electrons. The number of amides is 1. The number of nitrogens with zero attached hydrogens (tertiary/aromatic N) is 3. The Kier molecular flexibility index (Phi) is 8.39. The average molecular weight is 808 g/mol. The van der Waals surface area contributed by atoms with Crippen molar-refractivity contribution in [1.29, 1.82) is 5.26 Å². The monoisotopic (exact) mass is 807 g/mol. The van der Waals surface area contributed by atoms with Gasteiger partial charge in [-0.05, 0) is 62.9 Å². The zero-order valence-corrected chi connectivity index (χ0v) is 30.2. The smallest absolute Gasteiger partial charge is 0.231 e. The van der Waals surface area contributed by atoms with E-state index in [1.54, 1.807) is 0 Å². The molecule has 0 aromatic heterocycles. The predicted octanol–water partition coefficient (Wildman–Crippen LogP) is 3.88. The van der Waals surface area contributed by atoms with Crippen LogP contribution in [0.3, 0.4) is 0 Å². The standard InChI is InChI=1S/C34H36N4O5.Ac/c1-17-10-21-12-23-25(14-35)38-24(30(37(23)4)28(21)32(41)18(17)2)13-22-29(34-33(42-16-43-34)19(3)31(22)40)26(38)15-36-27(39)11-20-8-6-5-7-9-20;/h5-10,23-26,30,40-41H,11-13,15-16H2,1-4H3,(H,36,39);/t23-,24?,25-,26-,30-;/m0./s1. The summed E-state index contributed by atoms with van der Waals surface area (Å²) in [6.45, 7) is 6.03. The van der Waals surface area contributed by atoms with Crippen LogP contribution in [0.1, 0.15) is 56.6 Å². The third kappa shape index (κ3) is 4.71. The van der Waals surface area contributed by atoms with Gasteiger partial charge in [-0.2, -0.15) is 5.26 Å². The summed E-state index contributed by atoms with van der Waals surface area (Å²) in [5.74, 6) is 1.40. The number of phenolic OH excluding ortho intramolecular Hbond substituents is 2. The van der Waals surface area contributed by atoms with E-state index in [2.05, 4.69) is 27.3 Å². The van der Waals surface area contributed by atoms with Crippen molar-refractivity contribution in [2.24, 2.45) is 0 Å². The van der Waals surface area contributed by atoms with Crippen LogP contribution >= 0.6 is 0 Å². The number of nitriles is 1. The summed E-state index contributed by atoms with van der Waals surface area (Å²) < 4.78 is 11.8. The minimum atomic E-state index is -0.506. The van der Waals surface area contributed by atoms with Crippen molar-refractivity contribution in [2.45, 2.75) is 70.2 Å². The first-order valence-electron chi connectivity index (χ1n) is 14.9. The molecule has 1 fully saturated rings. The Balaban J connectivity index is 0.00000343. The maximum atomic E-state index is 13.2. The number of hydrogen-bond acceptors (Lipinski definition) is 8. The molecule has 7 rings (SSSR count). The van der Waals surface area contributed by atoms with Gasteiger partial charge in [0.1, 0.15) is 17.5 Å². The molecule has 3 aromatic rings. The molecule has 0 spiro atoms.